The van der Waals surface area contributed by atoms with Crippen LogP contribution in [0.15, 0.2) is 0 Å². The molecule has 1 saturated carbocycles. The Morgan fingerprint density at radius 2 is 2.00 bits per heavy atom. The van der Waals surface area contributed by atoms with Gasteiger partial charge in [0, 0.05) is 11.6 Å². The van der Waals surface area contributed by atoms with E-state index in [1.165, 1.54) is 0 Å². The van der Waals surface area contributed by atoms with Crippen molar-refractivity contribution in [1.29, 1.82) is 5.26 Å². The van der Waals surface area contributed by atoms with Crippen LogP contribution in [0.1, 0.15) is 46.5 Å². The van der Waals surface area contributed by atoms with E-state index in [9.17, 15) is 4.79 Å². The van der Waals surface area contributed by atoms with Gasteiger partial charge in [0.1, 0.15) is 0 Å². The first-order valence-electron chi connectivity index (χ1n) is 6.36. The Morgan fingerprint density at radius 3 is 2.59 bits per heavy atom. The van der Waals surface area contributed by atoms with Crippen LogP contribution in [0, 0.1) is 17.2 Å². The van der Waals surface area contributed by atoms with Crippen LogP contribution in [-0.4, -0.2) is 24.0 Å². The summed E-state index contributed by atoms with van der Waals surface area (Å²) in [6.45, 7) is 6.19. The highest BCUT2D eigenvalue weighted by molar-refractivity contribution is 5.78. The van der Waals surface area contributed by atoms with Gasteiger partial charge in [0.2, 0.25) is 5.91 Å². The molecule has 1 aliphatic rings. The topological polar surface area (TPSA) is 64.9 Å². The third-order valence-corrected chi connectivity index (χ3v) is 2.97. The lowest BCUT2D eigenvalue weighted by molar-refractivity contribution is -0.121. The summed E-state index contributed by atoms with van der Waals surface area (Å²) >= 11 is 0. The summed E-state index contributed by atoms with van der Waals surface area (Å²) in [7, 11) is 0. The van der Waals surface area contributed by atoms with Crippen molar-refractivity contribution in [3.63, 3.8) is 0 Å². The number of amides is 1. The maximum Gasteiger partial charge on any atom is 0.234 e. The number of nitrogens with zero attached hydrogens (tertiary/aromatic N) is 1. The van der Waals surface area contributed by atoms with Gasteiger partial charge in [-0.15, -0.1) is 0 Å². The predicted molar refractivity (Wildman–Crippen MR) is 67.3 cm³/mol. The fourth-order valence-electron chi connectivity index (χ4n) is 2.22. The Labute approximate surface area is 104 Å². The summed E-state index contributed by atoms with van der Waals surface area (Å²) < 4.78 is 0. The van der Waals surface area contributed by atoms with E-state index in [1.54, 1.807) is 0 Å². The molecule has 0 heterocycles. The zero-order valence-corrected chi connectivity index (χ0v) is 11.0. The van der Waals surface area contributed by atoms with Crippen molar-refractivity contribution in [1.82, 2.24) is 10.6 Å². The largest absolute Gasteiger partial charge is 0.350 e. The van der Waals surface area contributed by atoms with Crippen molar-refractivity contribution >= 4 is 5.91 Å². The highest BCUT2D eigenvalue weighted by atomic mass is 16.2. The predicted octanol–water partition coefficient (Wildman–Crippen LogP) is 1.57. The average Bonchev–Trinajstić information content (AvgIpc) is 2.24. The molecule has 0 aromatic heterocycles. The van der Waals surface area contributed by atoms with E-state index < -0.39 is 0 Å². The molecule has 1 aliphatic carbocycles. The highest BCUT2D eigenvalue weighted by Crippen LogP contribution is 2.23. The first kappa shape index (κ1) is 14.0. The van der Waals surface area contributed by atoms with Crippen molar-refractivity contribution in [2.45, 2.75) is 58.0 Å². The van der Waals surface area contributed by atoms with E-state index in [-0.39, 0.29) is 23.4 Å². The van der Waals surface area contributed by atoms with Gasteiger partial charge in [-0.2, -0.15) is 5.26 Å². The van der Waals surface area contributed by atoms with E-state index >= 15 is 0 Å². The van der Waals surface area contributed by atoms with Gasteiger partial charge in [-0.05, 0) is 33.6 Å². The van der Waals surface area contributed by atoms with Crippen molar-refractivity contribution in [2.75, 3.05) is 6.54 Å². The fourth-order valence-corrected chi connectivity index (χ4v) is 2.22. The molecule has 0 aliphatic heterocycles. The molecule has 1 rings (SSSR count). The summed E-state index contributed by atoms with van der Waals surface area (Å²) in [5, 5.41) is 15.1. The SMILES string of the molecule is CC(C)(C)NC(=O)CNC1CCCCC1C#N. The minimum Gasteiger partial charge on any atom is -0.350 e. The summed E-state index contributed by atoms with van der Waals surface area (Å²) in [6.07, 6.45) is 4.23. The Balaban J connectivity index is 2.34. The van der Waals surface area contributed by atoms with Crippen LogP contribution in [-0.2, 0) is 4.79 Å². The Hall–Kier alpha value is -1.08. The third kappa shape index (κ3) is 5.18. The zero-order valence-electron chi connectivity index (χ0n) is 11.0. The van der Waals surface area contributed by atoms with Gasteiger partial charge in [-0.25, -0.2) is 0 Å². The molecule has 96 valence electrons. The maximum absolute atomic E-state index is 11.6. The lowest BCUT2D eigenvalue weighted by Crippen LogP contribution is -2.48. The van der Waals surface area contributed by atoms with Crippen LogP contribution in [0.2, 0.25) is 0 Å². The standard InChI is InChI=1S/C13H23N3O/c1-13(2,3)16-12(17)9-15-11-7-5-4-6-10(11)8-14/h10-11,15H,4-7,9H2,1-3H3,(H,16,17). The van der Waals surface area contributed by atoms with Crippen molar-refractivity contribution < 1.29 is 4.79 Å². The molecule has 2 N–H and O–H groups in total. The first-order valence-corrected chi connectivity index (χ1v) is 6.36. The highest BCUT2D eigenvalue weighted by Gasteiger charge is 2.25. The minimum atomic E-state index is -0.194. The molecular formula is C13H23N3O. The van der Waals surface area contributed by atoms with Crippen LogP contribution in [0.3, 0.4) is 0 Å². The maximum atomic E-state index is 11.6. The number of nitrogens with one attached hydrogen (secondary N) is 2. The zero-order chi connectivity index (χ0) is 12.9. The van der Waals surface area contributed by atoms with Crippen LogP contribution in [0.4, 0.5) is 0 Å². The summed E-state index contributed by atoms with van der Waals surface area (Å²) in [5.41, 5.74) is -0.194. The van der Waals surface area contributed by atoms with Crippen molar-refractivity contribution in [2.24, 2.45) is 5.92 Å². The normalized spacial score (nSPS) is 25.1. The van der Waals surface area contributed by atoms with Crippen molar-refractivity contribution in [3.8, 4) is 6.07 Å². The Morgan fingerprint density at radius 1 is 1.35 bits per heavy atom. The number of hydrogen-bond donors (Lipinski definition) is 2. The van der Waals surface area contributed by atoms with Gasteiger partial charge in [0.05, 0.1) is 18.5 Å². The summed E-state index contributed by atoms with van der Waals surface area (Å²) in [4.78, 5) is 11.6. The average molecular weight is 237 g/mol. The minimum absolute atomic E-state index is 0.000219. The second-order valence-corrected chi connectivity index (χ2v) is 5.81. The van der Waals surface area contributed by atoms with Crippen LogP contribution in [0.25, 0.3) is 0 Å². The molecule has 4 heteroatoms. The second-order valence-electron chi connectivity index (χ2n) is 5.81. The lowest BCUT2D eigenvalue weighted by Gasteiger charge is -2.28. The monoisotopic (exact) mass is 237 g/mol. The molecule has 0 bridgehead atoms. The third-order valence-electron chi connectivity index (χ3n) is 2.97. The number of carbonyl (C=O) groups is 1. The molecule has 0 radical (unpaired) electrons. The smallest absolute Gasteiger partial charge is 0.234 e. The first-order chi connectivity index (χ1) is 7.92. The lowest BCUT2D eigenvalue weighted by atomic mass is 9.85. The molecular weight excluding hydrogens is 214 g/mol. The van der Waals surface area contributed by atoms with E-state index in [0.29, 0.717) is 6.54 Å². The van der Waals surface area contributed by atoms with E-state index in [0.717, 1.165) is 25.7 Å². The number of carbonyl (C=O) groups excluding carboxylic acids is 1. The molecule has 0 aromatic rings. The fraction of sp³-hybridized carbons (Fsp3) is 0.846. The van der Waals surface area contributed by atoms with Crippen LogP contribution >= 0.6 is 0 Å². The van der Waals surface area contributed by atoms with E-state index in [1.807, 2.05) is 20.8 Å². The van der Waals surface area contributed by atoms with Gasteiger partial charge in [-0.3, -0.25) is 4.79 Å². The Bertz CT molecular complexity index is 301. The van der Waals surface area contributed by atoms with Gasteiger partial charge in [0.25, 0.3) is 0 Å². The summed E-state index contributed by atoms with van der Waals surface area (Å²) in [5.74, 6) is 0.0611. The van der Waals surface area contributed by atoms with E-state index in [2.05, 4.69) is 16.7 Å². The van der Waals surface area contributed by atoms with Gasteiger partial charge >= 0.3 is 0 Å². The second kappa shape index (κ2) is 6.02. The van der Waals surface area contributed by atoms with Crippen molar-refractivity contribution in [3.05, 3.63) is 0 Å². The van der Waals surface area contributed by atoms with Crippen LogP contribution < -0.4 is 10.6 Å². The number of hydrogen-bond acceptors (Lipinski definition) is 3. The van der Waals surface area contributed by atoms with E-state index in [4.69, 9.17) is 5.26 Å². The molecule has 0 aromatic carbocycles. The molecule has 2 unspecified atom stereocenters. The molecule has 2 atom stereocenters. The van der Waals surface area contributed by atoms with Gasteiger partial charge in [-0.1, -0.05) is 12.8 Å². The molecule has 0 spiro atoms. The number of nitriles is 1. The molecule has 1 amide bonds. The molecule has 17 heavy (non-hydrogen) atoms. The Kier molecular flexibility index (Phi) is 4.95. The van der Waals surface area contributed by atoms with Gasteiger partial charge in [0.15, 0.2) is 0 Å². The molecule has 0 saturated heterocycles. The quantitative estimate of drug-likeness (QED) is 0.783. The summed E-state index contributed by atoms with van der Waals surface area (Å²) in [6, 6.07) is 2.51. The molecule has 4 nitrogen and oxygen atoms in total. The van der Waals surface area contributed by atoms with Crippen LogP contribution in [0.5, 0.6) is 0 Å². The molecule has 1 fully saturated rings. The number of rotatable bonds is 3. The van der Waals surface area contributed by atoms with Gasteiger partial charge < -0.3 is 10.6 Å².